The van der Waals surface area contributed by atoms with Crippen LogP contribution >= 0.6 is 0 Å². The molecule has 3 aromatic rings. The predicted octanol–water partition coefficient (Wildman–Crippen LogP) is 3.50. The molecule has 5 rings (SSSR count). The summed E-state index contributed by atoms with van der Waals surface area (Å²) in [7, 11) is 0. The van der Waals surface area contributed by atoms with E-state index in [0.717, 1.165) is 31.9 Å². The van der Waals surface area contributed by atoms with Gasteiger partial charge in [0.15, 0.2) is 0 Å². The van der Waals surface area contributed by atoms with Gasteiger partial charge in [-0.2, -0.15) is 0 Å². The number of amides is 2. The Morgan fingerprint density at radius 1 is 0.938 bits per heavy atom. The maximum atomic E-state index is 13.1. The monoisotopic (exact) mass is 427 g/mol. The molecule has 2 amide bonds. The summed E-state index contributed by atoms with van der Waals surface area (Å²) in [6.45, 7) is 5.63. The molecule has 6 heteroatoms. The SMILES string of the molecule is O=C(NCc1ccccn1)N1Cc2ccccc2N2CCN(Cc3ccccc3)CC2C1. The number of fused-ring (bicyclic) bond motifs is 3. The number of benzene rings is 2. The number of carbonyl (C=O) groups excluding carboxylic acids is 1. The van der Waals surface area contributed by atoms with Gasteiger partial charge < -0.3 is 15.1 Å². The Morgan fingerprint density at radius 2 is 1.75 bits per heavy atom. The minimum Gasteiger partial charge on any atom is -0.364 e. The summed E-state index contributed by atoms with van der Waals surface area (Å²) in [5, 5.41) is 3.07. The molecule has 1 unspecified atom stereocenters. The largest absolute Gasteiger partial charge is 0.364 e. The van der Waals surface area contributed by atoms with Crippen LogP contribution in [0.3, 0.4) is 0 Å². The van der Waals surface area contributed by atoms with E-state index in [-0.39, 0.29) is 12.1 Å². The van der Waals surface area contributed by atoms with Crippen LogP contribution in [0.15, 0.2) is 79.0 Å². The third-order valence-corrected chi connectivity index (χ3v) is 6.34. The van der Waals surface area contributed by atoms with Crippen LogP contribution in [0.1, 0.15) is 16.8 Å². The molecule has 6 nitrogen and oxygen atoms in total. The van der Waals surface area contributed by atoms with Crippen LogP contribution in [0.2, 0.25) is 0 Å². The highest BCUT2D eigenvalue weighted by molar-refractivity contribution is 5.75. The topological polar surface area (TPSA) is 51.7 Å². The van der Waals surface area contributed by atoms with Gasteiger partial charge in [0, 0.05) is 51.2 Å². The van der Waals surface area contributed by atoms with Crippen molar-refractivity contribution in [1.29, 1.82) is 0 Å². The molecule has 3 heterocycles. The molecule has 1 aromatic heterocycles. The second-order valence-corrected chi connectivity index (χ2v) is 8.56. The summed E-state index contributed by atoms with van der Waals surface area (Å²) in [5.74, 6) is 0. The van der Waals surface area contributed by atoms with Crippen LogP contribution < -0.4 is 10.2 Å². The Morgan fingerprint density at radius 3 is 2.59 bits per heavy atom. The van der Waals surface area contributed by atoms with Crippen molar-refractivity contribution in [2.24, 2.45) is 0 Å². The fraction of sp³-hybridized carbons (Fsp3) is 0.308. The second-order valence-electron chi connectivity index (χ2n) is 8.56. The number of hydrogen-bond donors (Lipinski definition) is 1. The maximum Gasteiger partial charge on any atom is 0.318 e. The van der Waals surface area contributed by atoms with E-state index >= 15 is 0 Å². The summed E-state index contributed by atoms with van der Waals surface area (Å²) in [6.07, 6.45) is 1.75. The van der Waals surface area contributed by atoms with Crippen LogP contribution in [-0.2, 0) is 19.6 Å². The molecule has 32 heavy (non-hydrogen) atoms. The van der Waals surface area contributed by atoms with Crippen LogP contribution in [0.25, 0.3) is 0 Å². The lowest BCUT2D eigenvalue weighted by Gasteiger charge is -2.43. The van der Waals surface area contributed by atoms with E-state index in [2.05, 4.69) is 74.7 Å². The molecule has 0 radical (unpaired) electrons. The van der Waals surface area contributed by atoms with Crippen molar-refractivity contribution in [3.8, 4) is 0 Å². The molecule has 0 aliphatic carbocycles. The molecule has 164 valence electrons. The number of pyridine rings is 1. The number of piperazine rings is 1. The number of para-hydroxylation sites is 1. The van der Waals surface area contributed by atoms with E-state index in [1.54, 1.807) is 6.20 Å². The van der Waals surface area contributed by atoms with E-state index in [4.69, 9.17) is 0 Å². The van der Waals surface area contributed by atoms with E-state index in [9.17, 15) is 4.79 Å². The van der Waals surface area contributed by atoms with Gasteiger partial charge in [-0.15, -0.1) is 0 Å². The van der Waals surface area contributed by atoms with Gasteiger partial charge in [-0.3, -0.25) is 9.88 Å². The van der Waals surface area contributed by atoms with E-state index < -0.39 is 0 Å². The third-order valence-electron chi connectivity index (χ3n) is 6.34. The minimum absolute atomic E-state index is 0.0347. The summed E-state index contributed by atoms with van der Waals surface area (Å²) < 4.78 is 0. The lowest BCUT2D eigenvalue weighted by atomic mass is 10.1. The third kappa shape index (κ3) is 4.60. The average molecular weight is 428 g/mol. The van der Waals surface area contributed by atoms with Crippen LogP contribution in [0, 0.1) is 0 Å². The summed E-state index contributed by atoms with van der Waals surface area (Å²) in [5.41, 5.74) is 4.67. The quantitative estimate of drug-likeness (QED) is 0.693. The van der Waals surface area contributed by atoms with E-state index in [1.807, 2.05) is 23.1 Å². The average Bonchev–Trinajstić information content (AvgIpc) is 3.00. The minimum atomic E-state index is -0.0347. The van der Waals surface area contributed by atoms with Gasteiger partial charge in [0.05, 0.1) is 18.3 Å². The zero-order valence-corrected chi connectivity index (χ0v) is 18.2. The Bertz CT molecular complexity index is 1040. The number of nitrogens with one attached hydrogen (secondary N) is 1. The Kier molecular flexibility index (Phi) is 6.03. The highest BCUT2D eigenvalue weighted by Crippen LogP contribution is 2.30. The Labute approximate surface area is 189 Å². The van der Waals surface area contributed by atoms with Crippen LogP contribution in [0.4, 0.5) is 10.5 Å². The fourth-order valence-electron chi connectivity index (χ4n) is 4.76. The van der Waals surface area contributed by atoms with Gasteiger partial charge in [-0.1, -0.05) is 54.6 Å². The molecule has 0 saturated carbocycles. The summed E-state index contributed by atoms with van der Waals surface area (Å²) in [6, 6.07) is 25.1. The lowest BCUT2D eigenvalue weighted by molar-refractivity contribution is 0.169. The number of carbonyl (C=O) groups is 1. The second kappa shape index (κ2) is 9.40. The number of anilines is 1. The molecule has 1 N–H and O–H groups in total. The normalized spacial score (nSPS) is 18.4. The first-order valence-electron chi connectivity index (χ1n) is 11.3. The molecule has 2 aliphatic rings. The van der Waals surface area contributed by atoms with Crippen molar-refractivity contribution in [3.05, 3.63) is 95.8 Å². The Hall–Kier alpha value is -3.38. The number of hydrogen-bond acceptors (Lipinski definition) is 4. The van der Waals surface area contributed by atoms with E-state index in [0.29, 0.717) is 19.6 Å². The van der Waals surface area contributed by atoms with Gasteiger partial charge in [-0.25, -0.2) is 4.79 Å². The highest BCUT2D eigenvalue weighted by atomic mass is 16.2. The first kappa shape index (κ1) is 20.5. The fourth-order valence-corrected chi connectivity index (χ4v) is 4.76. The van der Waals surface area contributed by atoms with E-state index in [1.165, 1.54) is 16.8 Å². The van der Waals surface area contributed by atoms with Crippen molar-refractivity contribution >= 4 is 11.7 Å². The lowest BCUT2D eigenvalue weighted by Crippen LogP contribution is -2.57. The first-order valence-corrected chi connectivity index (χ1v) is 11.3. The van der Waals surface area contributed by atoms with Crippen molar-refractivity contribution in [2.75, 3.05) is 31.1 Å². The maximum absolute atomic E-state index is 13.1. The Balaban J connectivity index is 1.32. The molecular weight excluding hydrogens is 398 g/mol. The van der Waals surface area contributed by atoms with Crippen molar-refractivity contribution < 1.29 is 4.79 Å². The van der Waals surface area contributed by atoms with Gasteiger partial charge in [0.2, 0.25) is 0 Å². The number of rotatable bonds is 4. The van der Waals surface area contributed by atoms with Gasteiger partial charge in [-0.05, 0) is 29.3 Å². The molecule has 1 atom stereocenters. The van der Waals surface area contributed by atoms with Gasteiger partial charge in [0.25, 0.3) is 0 Å². The van der Waals surface area contributed by atoms with Gasteiger partial charge >= 0.3 is 6.03 Å². The molecular formula is C26H29N5O. The number of nitrogens with zero attached hydrogens (tertiary/aromatic N) is 4. The summed E-state index contributed by atoms with van der Waals surface area (Å²) in [4.78, 5) is 24.4. The molecule has 2 aliphatic heterocycles. The zero-order chi connectivity index (χ0) is 21.8. The van der Waals surface area contributed by atoms with Crippen LogP contribution in [0.5, 0.6) is 0 Å². The highest BCUT2D eigenvalue weighted by Gasteiger charge is 2.34. The molecule has 1 saturated heterocycles. The van der Waals surface area contributed by atoms with Gasteiger partial charge in [0.1, 0.15) is 0 Å². The molecule has 2 aromatic carbocycles. The summed E-state index contributed by atoms with van der Waals surface area (Å²) >= 11 is 0. The number of urea groups is 1. The van der Waals surface area contributed by atoms with Crippen molar-refractivity contribution in [3.63, 3.8) is 0 Å². The molecule has 0 bridgehead atoms. The van der Waals surface area contributed by atoms with Crippen LogP contribution in [-0.4, -0.2) is 53.0 Å². The zero-order valence-electron chi connectivity index (χ0n) is 18.2. The standard InChI is InChI=1S/C26H29N5O/c32-26(28-16-23-11-6-7-13-27-23)30-18-22-10-4-5-12-25(22)31-15-14-29(19-24(31)20-30)17-21-8-2-1-3-9-21/h1-13,24H,14-20H2,(H,28,32). The number of aromatic nitrogens is 1. The first-order chi connectivity index (χ1) is 15.8. The van der Waals surface area contributed by atoms with Crippen molar-refractivity contribution in [2.45, 2.75) is 25.7 Å². The van der Waals surface area contributed by atoms with Crippen molar-refractivity contribution in [1.82, 2.24) is 20.1 Å². The molecule has 1 fully saturated rings. The predicted molar refractivity (Wildman–Crippen MR) is 126 cm³/mol. The molecule has 0 spiro atoms. The smallest absolute Gasteiger partial charge is 0.318 e.